The summed E-state index contributed by atoms with van der Waals surface area (Å²) in [6.45, 7) is 6.20. The first-order chi connectivity index (χ1) is 6.56. The summed E-state index contributed by atoms with van der Waals surface area (Å²) in [5.41, 5.74) is -0.515. The summed E-state index contributed by atoms with van der Waals surface area (Å²) in [6.07, 6.45) is 2.90. The lowest BCUT2D eigenvalue weighted by Crippen LogP contribution is -2.32. The maximum Gasteiger partial charge on any atom is 0.0648 e. The van der Waals surface area contributed by atoms with E-state index < -0.39 is 5.60 Å². The lowest BCUT2D eigenvalue weighted by atomic mass is 9.85. The Labute approximate surface area is 90.8 Å². The summed E-state index contributed by atoms with van der Waals surface area (Å²) in [5.74, 6) is 0.377. The molecule has 2 atom stereocenters. The van der Waals surface area contributed by atoms with Crippen molar-refractivity contribution in [3.8, 4) is 0 Å². The lowest BCUT2D eigenvalue weighted by molar-refractivity contribution is -0.00267. The molecule has 0 aliphatic rings. The maximum atomic E-state index is 10.2. The van der Waals surface area contributed by atoms with Gasteiger partial charge in [0.05, 0.1) is 5.60 Å². The molecule has 14 heavy (non-hydrogen) atoms. The van der Waals surface area contributed by atoms with E-state index in [9.17, 15) is 5.11 Å². The van der Waals surface area contributed by atoms with Crippen molar-refractivity contribution >= 4 is 11.3 Å². The Balaban J connectivity index is 2.44. The maximum absolute atomic E-state index is 10.2. The Hall–Kier alpha value is -0.340. The fourth-order valence-corrected chi connectivity index (χ4v) is 2.23. The molecule has 0 saturated heterocycles. The second-order valence-corrected chi connectivity index (χ2v) is 5.28. The van der Waals surface area contributed by atoms with E-state index in [1.807, 2.05) is 6.92 Å². The highest BCUT2D eigenvalue weighted by molar-refractivity contribution is 7.09. The molecule has 0 aromatic carbocycles. The zero-order valence-electron chi connectivity index (χ0n) is 9.29. The molecule has 2 heteroatoms. The first-order valence-electron chi connectivity index (χ1n) is 5.31. The van der Waals surface area contributed by atoms with Crippen molar-refractivity contribution in [3.63, 3.8) is 0 Å². The topological polar surface area (TPSA) is 20.2 Å². The number of hydrogen-bond acceptors (Lipinski definition) is 2. The second-order valence-electron chi connectivity index (χ2n) is 4.25. The van der Waals surface area contributed by atoms with E-state index in [0.717, 1.165) is 19.3 Å². The van der Waals surface area contributed by atoms with Gasteiger partial charge in [-0.05, 0) is 37.1 Å². The van der Waals surface area contributed by atoms with Crippen LogP contribution in [0.2, 0.25) is 0 Å². The Morgan fingerprint density at radius 3 is 2.79 bits per heavy atom. The Bertz CT molecular complexity index is 251. The zero-order valence-corrected chi connectivity index (χ0v) is 10.1. The molecule has 1 aromatic heterocycles. The van der Waals surface area contributed by atoms with Crippen LogP contribution in [-0.2, 0) is 6.42 Å². The number of aryl methyl sites for hydroxylation is 1. The van der Waals surface area contributed by atoms with Gasteiger partial charge in [0.2, 0.25) is 0 Å². The first kappa shape index (κ1) is 11.7. The SMILES string of the molecule is CCC(C)C(C)(O)CCc1cccs1. The summed E-state index contributed by atoms with van der Waals surface area (Å²) in [5, 5.41) is 12.3. The van der Waals surface area contributed by atoms with Crippen LogP contribution >= 0.6 is 11.3 Å². The fourth-order valence-electron chi connectivity index (χ4n) is 1.52. The average Bonchev–Trinajstić information content (AvgIpc) is 2.66. The van der Waals surface area contributed by atoms with E-state index in [4.69, 9.17) is 0 Å². The van der Waals surface area contributed by atoms with Gasteiger partial charge in [0.25, 0.3) is 0 Å². The minimum absolute atomic E-state index is 0.377. The van der Waals surface area contributed by atoms with E-state index in [1.165, 1.54) is 4.88 Å². The molecular weight excluding hydrogens is 192 g/mol. The van der Waals surface area contributed by atoms with Gasteiger partial charge in [0.15, 0.2) is 0 Å². The van der Waals surface area contributed by atoms with Gasteiger partial charge in [-0.1, -0.05) is 26.3 Å². The molecule has 0 fully saturated rings. The van der Waals surface area contributed by atoms with Crippen LogP contribution in [0.3, 0.4) is 0 Å². The number of aliphatic hydroxyl groups is 1. The predicted molar refractivity (Wildman–Crippen MR) is 62.7 cm³/mol. The molecule has 0 radical (unpaired) electrons. The molecule has 1 heterocycles. The molecular formula is C12H20OS. The van der Waals surface area contributed by atoms with Crippen LogP contribution in [0.25, 0.3) is 0 Å². The molecule has 0 spiro atoms. The van der Waals surface area contributed by atoms with Crippen molar-refractivity contribution < 1.29 is 5.11 Å². The van der Waals surface area contributed by atoms with Crippen molar-refractivity contribution in [2.75, 3.05) is 0 Å². The van der Waals surface area contributed by atoms with Gasteiger partial charge < -0.3 is 5.11 Å². The summed E-state index contributed by atoms with van der Waals surface area (Å²) in [4.78, 5) is 1.37. The summed E-state index contributed by atoms with van der Waals surface area (Å²) in [7, 11) is 0. The molecule has 80 valence electrons. The predicted octanol–water partition coefficient (Wildman–Crippen LogP) is 3.48. The van der Waals surface area contributed by atoms with Crippen molar-refractivity contribution in [2.45, 2.75) is 45.6 Å². The van der Waals surface area contributed by atoms with E-state index in [1.54, 1.807) is 11.3 Å². The quantitative estimate of drug-likeness (QED) is 0.792. The third kappa shape index (κ3) is 3.10. The van der Waals surface area contributed by atoms with E-state index in [0.29, 0.717) is 5.92 Å². The average molecular weight is 212 g/mol. The summed E-state index contributed by atoms with van der Waals surface area (Å²) >= 11 is 1.77. The third-order valence-corrected chi connectivity index (χ3v) is 4.07. The summed E-state index contributed by atoms with van der Waals surface area (Å²) < 4.78 is 0. The van der Waals surface area contributed by atoms with Gasteiger partial charge in [-0.25, -0.2) is 0 Å². The normalized spacial score (nSPS) is 17.7. The lowest BCUT2D eigenvalue weighted by Gasteiger charge is -2.29. The van der Waals surface area contributed by atoms with Gasteiger partial charge in [-0.3, -0.25) is 0 Å². The van der Waals surface area contributed by atoms with Crippen LogP contribution in [0.15, 0.2) is 17.5 Å². The Morgan fingerprint density at radius 2 is 2.29 bits per heavy atom. The molecule has 0 amide bonds. The van der Waals surface area contributed by atoms with Crippen molar-refractivity contribution in [1.82, 2.24) is 0 Å². The van der Waals surface area contributed by atoms with Crippen LogP contribution in [0.1, 0.15) is 38.5 Å². The van der Waals surface area contributed by atoms with Crippen LogP contribution in [0.4, 0.5) is 0 Å². The highest BCUT2D eigenvalue weighted by Crippen LogP contribution is 2.26. The highest BCUT2D eigenvalue weighted by Gasteiger charge is 2.26. The van der Waals surface area contributed by atoms with Gasteiger partial charge in [-0.15, -0.1) is 11.3 Å². The number of thiophene rings is 1. The molecule has 1 rings (SSSR count). The Kier molecular flexibility index (Phi) is 4.14. The van der Waals surface area contributed by atoms with E-state index in [2.05, 4.69) is 31.4 Å². The van der Waals surface area contributed by atoms with Crippen molar-refractivity contribution in [3.05, 3.63) is 22.4 Å². The third-order valence-electron chi connectivity index (χ3n) is 3.13. The Morgan fingerprint density at radius 1 is 1.57 bits per heavy atom. The van der Waals surface area contributed by atoms with Gasteiger partial charge in [0, 0.05) is 4.88 Å². The molecule has 1 aromatic rings. The van der Waals surface area contributed by atoms with Crippen molar-refractivity contribution in [1.29, 1.82) is 0 Å². The molecule has 2 unspecified atom stereocenters. The van der Waals surface area contributed by atoms with Crippen LogP contribution in [0.5, 0.6) is 0 Å². The molecule has 0 bridgehead atoms. The molecule has 1 N–H and O–H groups in total. The standard InChI is InChI=1S/C12H20OS/c1-4-10(2)12(3,13)8-7-11-6-5-9-14-11/h5-6,9-10,13H,4,7-8H2,1-3H3. The van der Waals surface area contributed by atoms with Gasteiger partial charge >= 0.3 is 0 Å². The smallest absolute Gasteiger partial charge is 0.0648 e. The van der Waals surface area contributed by atoms with Gasteiger partial charge in [-0.2, -0.15) is 0 Å². The molecule has 0 aliphatic heterocycles. The van der Waals surface area contributed by atoms with Gasteiger partial charge in [0.1, 0.15) is 0 Å². The molecule has 0 aliphatic carbocycles. The molecule has 0 saturated carbocycles. The van der Waals surface area contributed by atoms with Crippen molar-refractivity contribution in [2.24, 2.45) is 5.92 Å². The van der Waals surface area contributed by atoms with E-state index in [-0.39, 0.29) is 0 Å². The van der Waals surface area contributed by atoms with E-state index >= 15 is 0 Å². The molecule has 1 nitrogen and oxygen atoms in total. The minimum Gasteiger partial charge on any atom is -0.390 e. The monoisotopic (exact) mass is 212 g/mol. The van der Waals surface area contributed by atoms with Crippen LogP contribution in [-0.4, -0.2) is 10.7 Å². The second kappa shape index (κ2) is 4.94. The minimum atomic E-state index is -0.515. The first-order valence-corrected chi connectivity index (χ1v) is 6.19. The number of hydrogen-bond donors (Lipinski definition) is 1. The highest BCUT2D eigenvalue weighted by atomic mass is 32.1. The summed E-state index contributed by atoms with van der Waals surface area (Å²) in [6, 6.07) is 4.20. The van der Waals surface area contributed by atoms with Crippen LogP contribution < -0.4 is 0 Å². The largest absolute Gasteiger partial charge is 0.390 e. The van der Waals surface area contributed by atoms with Crippen LogP contribution in [0, 0.1) is 5.92 Å². The fraction of sp³-hybridized carbons (Fsp3) is 0.667. The zero-order chi connectivity index (χ0) is 10.6. The number of rotatable bonds is 5.